The number of phenols is 2. The Morgan fingerprint density at radius 1 is 0.879 bits per heavy atom. The summed E-state index contributed by atoms with van der Waals surface area (Å²) in [5.41, 5.74) is 11.2. The van der Waals surface area contributed by atoms with Crippen LogP contribution in [0.1, 0.15) is 68.1 Å². The minimum atomic E-state index is -1.71. The number of hydrogen-bond acceptors (Lipinski definition) is 16. The molecule has 24 nitrogen and oxygen atoms in total. The zero-order valence-corrected chi connectivity index (χ0v) is 31.4. The van der Waals surface area contributed by atoms with E-state index in [1.54, 1.807) is 0 Å². The molecule has 1 aliphatic rings. The minimum Gasteiger partial charge on any atom is -0.504 e. The van der Waals surface area contributed by atoms with Crippen LogP contribution in [0.2, 0.25) is 0 Å². The van der Waals surface area contributed by atoms with Crippen LogP contribution in [0.25, 0.3) is 0 Å². The summed E-state index contributed by atoms with van der Waals surface area (Å²) in [5, 5.41) is 61.5. The van der Waals surface area contributed by atoms with Gasteiger partial charge >= 0.3 is 5.97 Å². The number of nitrogens with zero attached hydrogens (tertiary/aromatic N) is 2. The molecule has 0 aromatic heterocycles. The molecule has 0 bridgehead atoms. The molecule has 0 aliphatic carbocycles. The lowest BCUT2D eigenvalue weighted by Gasteiger charge is -2.25. The van der Waals surface area contributed by atoms with Gasteiger partial charge in [0.1, 0.15) is 30.8 Å². The zero-order chi connectivity index (χ0) is 43.4. The Kier molecular flexibility index (Phi) is 20.3. The second kappa shape index (κ2) is 24.5. The van der Waals surface area contributed by atoms with E-state index in [1.807, 2.05) is 0 Å². The van der Waals surface area contributed by atoms with Crippen LogP contribution in [0.3, 0.4) is 0 Å². The molecule has 8 amide bonds. The zero-order valence-electron chi connectivity index (χ0n) is 31.4. The first-order valence-corrected chi connectivity index (χ1v) is 18.2. The van der Waals surface area contributed by atoms with E-state index in [4.69, 9.17) is 16.2 Å². The average Bonchev–Trinajstić information content (AvgIpc) is 3.18. The summed E-state index contributed by atoms with van der Waals surface area (Å²) >= 11 is 0. The SMILES string of the molecule is NC(=O)C[C@H]1NC(=O)[C@H](CCCN(O)C=O)NC(=O)[C@H](NC(=O)C[C@H](O)[C@@H](N)CCCCNC(=O)c2cccc(O)c2O)COC(=O)[C@H](CCCN(O)C=O)NC1=O. The quantitative estimate of drug-likeness (QED) is 0.0131. The minimum absolute atomic E-state index is 0.0794. The molecule has 0 spiro atoms. The number of phenolic OH excluding ortho intramolecular Hbond substituents is 2. The predicted octanol–water partition coefficient (Wildman–Crippen LogP) is -4.30. The Labute approximate surface area is 331 Å². The van der Waals surface area contributed by atoms with Crippen molar-refractivity contribution in [3.63, 3.8) is 0 Å². The van der Waals surface area contributed by atoms with Crippen LogP contribution in [0.4, 0.5) is 0 Å². The van der Waals surface area contributed by atoms with Gasteiger partial charge in [0, 0.05) is 25.7 Å². The van der Waals surface area contributed by atoms with Gasteiger partial charge in [-0.3, -0.25) is 48.8 Å². The van der Waals surface area contributed by atoms with Crippen molar-refractivity contribution in [2.75, 3.05) is 26.2 Å². The number of aromatic hydroxyl groups is 2. The first-order chi connectivity index (χ1) is 27.5. The molecule has 14 N–H and O–H groups in total. The summed E-state index contributed by atoms with van der Waals surface area (Å²) in [6.45, 7) is -1.29. The highest BCUT2D eigenvalue weighted by Crippen LogP contribution is 2.28. The van der Waals surface area contributed by atoms with E-state index in [1.165, 1.54) is 18.2 Å². The van der Waals surface area contributed by atoms with Crippen molar-refractivity contribution >= 4 is 54.2 Å². The molecule has 322 valence electrons. The van der Waals surface area contributed by atoms with E-state index in [-0.39, 0.29) is 80.2 Å². The van der Waals surface area contributed by atoms with Crippen molar-refractivity contribution in [3.8, 4) is 11.5 Å². The van der Waals surface area contributed by atoms with Crippen molar-refractivity contribution in [2.24, 2.45) is 11.5 Å². The van der Waals surface area contributed by atoms with Gasteiger partial charge in [-0.15, -0.1) is 0 Å². The molecule has 1 saturated heterocycles. The summed E-state index contributed by atoms with van der Waals surface area (Å²) < 4.78 is 5.28. The lowest BCUT2D eigenvalue weighted by Crippen LogP contribution is -2.58. The van der Waals surface area contributed by atoms with E-state index < -0.39 is 109 Å². The van der Waals surface area contributed by atoms with Gasteiger partial charge in [-0.05, 0) is 50.7 Å². The second-order valence-corrected chi connectivity index (χ2v) is 13.3. The van der Waals surface area contributed by atoms with Crippen LogP contribution in [-0.2, 0) is 43.1 Å². The average molecular weight is 826 g/mol. The number of nitrogens with two attached hydrogens (primary N) is 2. The molecule has 58 heavy (non-hydrogen) atoms. The third-order valence-electron chi connectivity index (χ3n) is 8.72. The van der Waals surface area contributed by atoms with E-state index in [9.17, 15) is 68.9 Å². The van der Waals surface area contributed by atoms with Gasteiger partial charge in [0.2, 0.25) is 42.4 Å². The first-order valence-electron chi connectivity index (χ1n) is 18.2. The third-order valence-corrected chi connectivity index (χ3v) is 8.72. The van der Waals surface area contributed by atoms with Crippen LogP contribution in [0.5, 0.6) is 11.5 Å². The number of primary amides is 1. The number of nitrogens with one attached hydrogen (secondary N) is 5. The number of unbranched alkanes of at least 4 members (excludes halogenated alkanes) is 1. The maximum absolute atomic E-state index is 13.6. The van der Waals surface area contributed by atoms with Gasteiger partial charge in [0.25, 0.3) is 5.91 Å². The topological polar surface area (TPSA) is 383 Å². The van der Waals surface area contributed by atoms with Gasteiger partial charge < -0.3 is 58.1 Å². The highest BCUT2D eigenvalue weighted by Gasteiger charge is 2.35. The summed E-state index contributed by atoms with van der Waals surface area (Å²) in [6.07, 6.45) is -2.41. The Hall–Kier alpha value is -6.11. The number of hydrogen-bond donors (Lipinski definition) is 12. The molecule has 1 aromatic rings. The van der Waals surface area contributed by atoms with Crippen molar-refractivity contribution in [1.82, 2.24) is 36.7 Å². The maximum atomic E-state index is 13.6. The third kappa shape index (κ3) is 16.5. The van der Waals surface area contributed by atoms with Crippen molar-refractivity contribution in [2.45, 2.75) is 94.1 Å². The van der Waals surface area contributed by atoms with E-state index in [0.717, 1.165) is 0 Å². The van der Waals surface area contributed by atoms with Gasteiger partial charge in [0.05, 0.1) is 24.5 Å². The number of rotatable bonds is 22. The van der Waals surface area contributed by atoms with Crippen LogP contribution in [0, 0.1) is 0 Å². The highest BCUT2D eigenvalue weighted by atomic mass is 16.5. The molecular weight excluding hydrogens is 774 g/mol. The lowest BCUT2D eigenvalue weighted by atomic mass is 10.0. The lowest BCUT2D eigenvalue weighted by molar-refractivity contribution is -0.152. The Balaban J connectivity index is 2.18. The Morgan fingerprint density at radius 2 is 1.47 bits per heavy atom. The molecule has 1 aromatic carbocycles. The van der Waals surface area contributed by atoms with Gasteiger partial charge in [-0.25, -0.2) is 14.9 Å². The number of carbonyl (C=O) groups is 9. The van der Waals surface area contributed by atoms with Crippen molar-refractivity contribution < 1.29 is 73.6 Å². The fourth-order valence-corrected chi connectivity index (χ4v) is 5.52. The molecule has 0 unspecified atom stereocenters. The van der Waals surface area contributed by atoms with Gasteiger partial charge in [-0.2, -0.15) is 0 Å². The molecule has 6 atom stereocenters. The molecule has 24 heteroatoms. The fraction of sp³-hybridized carbons (Fsp3) is 0.559. The monoisotopic (exact) mass is 825 g/mol. The summed E-state index contributed by atoms with van der Waals surface area (Å²) in [5.74, 6) is -7.96. The van der Waals surface area contributed by atoms with Crippen molar-refractivity contribution in [1.29, 1.82) is 0 Å². The number of benzene rings is 1. The fourth-order valence-electron chi connectivity index (χ4n) is 5.52. The summed E-state index contributed by atoms with van der Waals surface area (Å²) in [7, 11) is 0. The van der Waals surface area contributed by atoms with Crippen LogP contribution in [0.15, 0.2) is 18.2 Å². The second-order valence-electron chi connectivity index (χ2n) is 13.3. The largest absolute Gasteiger partial charge is 0.504 e. The van der Waals surface area contributed by atoms with E-state index in [2.05, 4.69) is 26.6 Å². The van der Waals surface area contributed by atoms with E-state index in [0.29, 0.717) is 12.8 Å². The number of carbonyl (C=O) groups excluding carboxylic acids is 9. The predicted molar refractivity (Wildman–Crippen MR) is 195 cm³/mol. The summed E-state index contributed by atoms with van der Waals surface area (Å²) in [6, 6.07) is -3.47. The molecule has 1 heterocycles. The number of aliphatic hydroxyl groups is 1. The summed E-state index contributed by atoms with van der Waals surface area (Å²) in [4.78, 5) is 112. The molecule has 1 fully saturated rings. The number of cyclic esters (lactones) is 1. The van der Waals surface area contributed by atoms with E-state index >= 15 is 0 Å². The van der Waals surface area contributed by atoms with Crippen LogP contribution < -0.4 is 38.1 Å². The number of ether oxygens (including phenoxy) is 1. The molecule has 1 aliphatic heterocycles. The number of amides is 8. The molecular formula is C34H51N9O15. The highest BCUT2D eigenvalue weighted by molar-refractivity contribution is 5.98. The first kappa shape index (κ1) is 48.0. The number of para-hydroxylation sites is 1. The molecule has 0 saturated carbocycles. The van der Waals surface area contributed by atoms with Crippen LogP contribution in [-0.4, -0.2) is 153 Å². The van der Waals surface area contributed by atoms with Crippen LogP contribution >= 0.6 is 0 Å². The Morgan fingerprint density at radius 3 is 2.09 bits per heavy atom. The number of aliphatic hydroxyl groups excluding tert-OH is 1. The molecule has 2 rings (SSSR count). The maximum Gasteiger partial charge on any atom is 0.328 e. The Bertz CT molecular complexity index is 1620. The van der Waals surface area contributed by atoms with Crippen molar-refractivity contribution in [3.05, 3.63) is 23.8 Å². The standard InChI is InChI=1S/C34H51N9O15/c35-20(7-1-2-11-37-30(51)19-6-3-10-25(46)29(19)50)26(47)15-28(49)38-24-16-58-34(55)22(9-5-13-43(57)18-45)40-32(53)23(14-27(36)48)41-31(52)21(39-33(24)54)8-4-12-42(56)17-44/h3,6,10,17-18,20-24,26,46-47,50,56-57H,1-2,4-5,7-9,11-16,35H2,(H2,36,48)(H,37,51)(H,38,49)(H,39,54)(H,40,53)(H,41,52)/t20-,21-,22-,23+,24+,26-/m0/s1. The van der Waals surface area contributed by atoms with Gasteiger partial charge in [-0.1, -0.05) is 12.5 Å². The number of esters is 1. The van der Waals surface area contributed by atoms with Gasteiger partial charge in [0.15, 0.2) is 11.5 Å². The molecule has 0 radical (unpaired) electrons. The smallest absolute Gasteiger partial charge is 0.328 e. The number of hydroxylamine groups is 4. The normalized spacial score (nSPS) is 19.9.